The standard InChI is InChI=1S/C14H9BrFNO2/c15-13-5-4-10(16)7-12(13)14(19)17-11-3-1-2-9(6-11)8-18/h1-8H,(H,17,19). The fourth-order valence-corrected chi connectivity index (χ4v) is 1.99. The zero-order valence-corrected chi connectivity index (χ0v) is 11.3. The molecule has 0 radical (unpaired) electrons. The molecule has 0 saturated carbocycles. The molecule has 0 heterocycles. The summed E-state index contributed by atoms with van der Waals surface area (Å²) < 4.78 is 13.6. The molecule has 1 amide bonds. The van der Waals surface area contributed by atoms with E-state index in [2.05, 4.69) is 21.2 Å². The lowest BCUT2D eigenvalue weighted by Crippen LogP contribution is -2.13. The summed E-state index contributed by atoms with van der Waals surface area (Å²) in [5.74, 6) is -0.940. The number of rotatable bonds is 3. The molecule has 2 aromatic rings. The van der Waals surface area contributed by atoms with Gasteiger partial charge in [0.2, 0.25) is 0 Å². The predicted octanol–water partition coefficient (Wildman–Crippen LogP) is 3.65. The minimum absolute atomic E-state index is 0.191. The lowest BCUT2D eigenvalue weighted by molar-refractivity contribution is 0.102. The minimum Gasteiger partial charge on any atom is -0.322 e. The van der Waals surface area contributed by atoms with Gasteiger partial charge in [-0.1, -0.05) is 12.1 Å². The van der Waals surface area contributed by atoms with Crippen molar-refractivity contribution in [3.8, 4) is 0 Å². The quantitative estimate of drug-likeness (QED) is 0.877. The minimum atomic E-state index is -0.491. The van der Waals surface area contributed by atoms with Crippen LogP contribution < -0.4 is 5.32 Å². The van der Waals surface area contributed by atoms with Crippen molar-refractivity contribution in [3.63, 3.8) is 0 Å². The molecule has 2 aromatic carbocycles. The smallest absolute Gasteiger partial charge is 0.256 e. The molecule has 0 aliphatic carbocycles. The number of nitrogens with one attached hydrogen (secondary N) is 1. The highest BCUT2D eigenvalue weighted by molar-refractivity contribution is 9.10. The van der Waals surface area contributed by atoms with E-state index in [9.17, 15) is 14.0 Å². The van der Waals surface area contributed by atoms with Crippen LogP contribution in [0.4, 0.5) is 10.1 Å². The summed E-state index contributed by atoms with van der Waals surface area (Å²) in [5, 5.41) is 2.61. The lowest BCUT2D eigenvalue weighted by atomic mass is 10.2. The third-order valence-electron chi connectivity index (χ3n) is 2.45. The van der Waals surface area contributed by atoms with Crippen LogP contribution in [0.5, 0.6) is 0 Å². The highest BCUT2D eigenvalue weighted by Gasteiger charge is 2.11. The average molecular weight is 322 g/mol. The maximum atomic E-state index is 13.1. The normalized spacial score (nSPS) is 10.0. The first-order chi connectivity index (χ1) is 9.10. The van der Waals surface area contributed by atoms with Gasteiger partial charge < -0.3 is 5.32 Å². The molecule has 0 saturated heterocycles. The van der Waals surface area contributed by atoms with Crippen molar-refractivity contribution in [2.24, 2.45) is 0 Å². The summed E-state index contributed by atoms with van der Waals surface area (Å²) in [6.45, 7) is 0. The van der Waals surface area contributed by atoms with E-state index in [-0.39, 0.29) is 5.56 Å². The van der Waals surface area contributed by atoms with Crippen LogP contribution in [0, 0.1) is 5.82 Å². The monoisotopic (exact) mass is 321 g/mol. The van der Waals surface area contributed by atoms with Gasteiger partial charge in [-0.25, -0.2) is 4.39 Å². The van der Waals surface area contributed by atoms with Crippen LogP contribution in [-0.4, -0.2) is 12.2 Å². The van der Waals surface area contributed by atoms with E-state index in [1.165, 1.54) is 18.2 Å². The van der Waals surface area contributed by atoms with Crippen molar-refractivity contribution < 1.29 is 14.0 Å². The highest BCUT2D eigenvalue weighted by Crippen LogP contribution is 2.19. The van der Waals surface area contributed by atoms with E-state index in [1.807, 2.05) is 0 Å². The SMILES string of the molecule is O=Cc1cccc(NC(=O)c2cc(F)ccc2Br)c1. The molecule has 0 aliphatic heterocycles. The molecular weight excluding hydrogens is 313 g/mol. The number of halogens is 2. The molecule has 0 fully saturated rings. The van der Waals surface area contributed by atoms with Crippen molar-refractivity contribution in [2.75, 3.05) is 5.32 Å². The number of carbonyl (C=O) groups excluding carboxylic acids is 2. The molecule has 2 rings (SSSR count). The number of aldehydes is 1. The fraction of sp³-hybridized carbons (Fsp3) is 0. The second kappa shape index (κ2) is 5.75. The first-order valence-corrected chi connectivity index (χ1v) is 6.21. The third-order valence-corrected chi connectivity index (χ3v) is 3.15. The summed E-state index contributed by atoms with van der Waals surface area (Å²) in [7, 11) is 0. The van der Waals surface area contributed by atoms with Gasteiger partial charge in [-0.3, -0.25) is 9.59 Å². The lowest BCUT2D eigenvalue weighted by Gasteiger charge is -2.07. The Bertz CT molecular complexity index is 643. The summed E-state index contributed by atoms with van der Waals surface area (Å²) >= 11 is 3.19. The molecule has 1 N–H and O–H groups in total. The van der Waals surface area contributed by atoms with Crippen LogP contribution in [0.2, 0.25) is 0 Å². The number of carbonyl (C=O) groups is 2. The van der Waals surface area contributed by atoms with Crippen molar-refractivity contribution in [3.05, 3.63) is 63.9 Å². The molecule has 0 aromatic heterocycles. The molecular formula is C14H9BrFNO2. The molecule has 0 unspecified atom stereocenters. The summed E-state index contributed by atoms with van der Waals surface area (Å²) in [6.07, 6.45) is 0.688. The molecule has 19 heavy (non-hydrogen) atoms. The van der Waals surface area contributed by atoms with Crippen molar-refractivity contribution in [1.82, 2.24) is 0 Å². The Morgan fingerprint density at radius 1 is 1.21 bits per heavy atom. The second-order valence-electron chi connectivity index (χ2n) is 3.82. The van der Waals surface area contributed by atoms with E-state index in [1.54, 1.807) is 18.2 Å². The fourth-order valence-electron chi connectivity index (χ4n) is 1.56. The van der Waals surface area contributed by atoms with Gasteiger partial charge in [0, 0.05) is 15.7 Å². The maximum Gasteiger partial charge on any atom is 0.256 e. The van der Waals surface area contributed by atoms with Crippen LogP contribution in [0.1, 0.15) is 20.7 Å². The summed E-state index contributed by atoms with van der Waals surface area (Å²) in [6, 6.07) is 10.3. The van der Waals surface area contributed by atoms with Gasteiger partial charge in [0.15, 0.2) is 0 Å². The van der Waals surface area contributed by atoms with Crippen LogP contribution in [0.25, 0.3) is 0 Å². The Morgan fingerprint density at radius 3 is 2.74 bits per heavy atom. The summed E-state index contributed by atoms with van der Waals surface area (Å²) in [4.78, 5) is 22.6. The molecule has 0 spiro atoms. The number of benzene rings is 2. The number of hydrogen-bond acceptors (Lipinski definition) is 2. The maximum absolute atomic E-state index is 13.1. The van der Waals surface area contributed by atoms with Gasteiger partial charge in [0.25, 0.3) is 5.91 Å². The number of hydrogen-bond donors (Lipinski definition) is 1. The van der Waals surface area contributed by atoms with Gasteiger partial charge in [0.1, 0.15) is 12.1 Å². The van der Waals surface area contributed by atoms with E-state index in [0.29, 0.717) is 22.0 Å². The third kappa shape index (κ3) is 3.26. The van der Waals surface area contributed by atoms with Crippen molar-refractivity contribution >= 4 is 33.8 Å². The first-order valence-electron chi connectivity index (χ1n) is 5.42. The molecule has 0 bridgehead atoms. The first kappa shape index (κ1) is 13.4. The van der Waals surface area contributed by atoms with E-state index < -0.39 is 11.7 Å². The van der Waals surface area contributed by atoms with Crippen LogP contribution in [0.3, 0.4) is 0 Å². The molecule has 0 atom stereocenters. The topological polar surface area (TPSA) is 46.2 Å². The average Bonchev–Trinajstić information content (AvgIpc) is 2.41. The Kier molecular flexibility index (Phi) is 4.06. The second-order valence-corrected chi connectivity index (χ2v) is 4.68. The number of anilines is 1. The van der Waals surface area contributed by atoms with Gasteiger partial charge >= 0.3 is 0 Å². The molecule has 96 valence electrons. The van der Waals surface area contributed by atoms with Gasteiger partial charge in [0.05, 0.1) is 5.56 Å². The summed E-state index contributed by atoms with van der Waals surface area (Å²) in [5.41, 5.74) is 1.12. The Labute approximate surface area is 117 Å². The Balaban J connectivity index is 2.25. The van der Waals surface area contributed by atoms with Gasteiger partial charge in [-0.15, -0.1) is 0 Å². The zero-order valence-electron chi connectivity index (χ0n) is 9.69. The van der Waals surface area contributed by atoms with Crippen molar-refractivity contribution in [1.29, 1.82) is 0 Å². The van der Waals surface area contributed by atoms with Crippen molar-refractivity contribution in [2.45, 2.75) is 0 Å². The van der Waals surface area contributed by atoms with Crippen LogP contribution >= 0.6 is 15.9 Å². The zero-order chi connectivity index (χ0) is 13.8. The van der Waals surface area contributed by atoms with Gasteiger partial charge in [-0.2, -0.15) is 0 Å². The molecule has 3 nitrogen and oxygen atoms in total. The van der Waals surface area contributed by atoms with E-state index >= 15 is 0 Å². The van der Waals surface area contributed by atoms with E-state index in [0.717, 1.165) is 6.07 Å². The van der Waals surface area contributed by atoms with E-state index in [4.69, 9.17) is 0 Å². The largest absolute Gasteiger partial charge is 0.322 e. The molecule has 5 heteroatoms. The van der Waals surface area contributed by atoms with Crippen LogP contribution in [0.15, 0.2) is 46.9 Å². The Hall–Kier alpha value is -2.01. The van der Waals surface area contributed by atoms with Crippen LogP contribution in [-0.2, 0) is 0 Å². The Morgan fingerprint density at radius 2 is 2.00 bits per heavy atom. The number of amides is 1. The van der Waals surface area contributed by atoms with Gasteiger partial charge in [-0.05, 0) is 46.3 Å². The highest BCUT2D eigenvalue weighted by atomic mass is 79.9. The molecule has 0 aliphatic rings. The predicted molar refractivity (Wildman–Crippen MR) is 73.9 cm³/mol.